The third-order valence-corrected chi connectivity index (χ3v) is 1.44. The molecule has 0 aliphatic rings. The summed E-state index contributed by atoms with van der Waals surface area (Å²) in [6.45, 7) is 5.84. The molecule has 10 heavy (non-hydrogen) atoms. The van der Waals surface area contributed by atoms with Crippen LogP contribution in [0.4, 0.5) is 0 Å². The second-order valence-electron chi connectivity index (χ2n) is 2.32. The Hall–Kier alpha value is -0.980. The van der Waals surface area contributed by atoms with Gasteiger partial charge in [0.1, 0.15) is 5.75 Å². The van der Waals surface area contributed by atoms with Gasteiger partial charge in [-0.25, -0.2) is 0 Å². The highest BCUT2D eigenvalue weighted by Crippen LogP contribution is 2.17. The number of hydrogen-bond donors (Lipinski definition) is 0. The van der Waals surface area contributed by atoms with Crippen LogP contribution in [-0.2, 0) is 0 Å². The fourth-order valence-corrected chi connectivity index (χ4v) is 0.852. The van der Waals surface area contributed by atoms with Crippen molar-refractivity contribution < 1.29 is 4.74 Å². The fraction of sp³-hybridized carbons (Fsp3) is 0.222. The second-order valence-corrected chi connectivity index (χ2v) is 2.32. The van der Waals surface area contributed by atoms with Gasteiger partial charge in [-0.3, -0.25) is 0 Å². The van der Waals surface area contributed by atoms with E-state index in [9.17, 15) is 0 Å². The summed E-state index contributed by atoms with van der Waals surface area (Å²) >= 11 is 0. The predicted molar refractivity (Wildman–Crippen MR) is 42.2 cm³/mol. The molecule has 0 spiro atoms. The first-order valence-electron chi connectivity index (χ1n) is 3.20. The Morgan fingerprint density at radius 3 is 2.60 bits per heavy atom. The average Bonchev–Trinajstić information content (AvgIpc) is 1.94. The maximum atomic E-state index is 5.06. The molecule has 1 nitrogen and oxygen atoms in total. The van der Waals surface area contributed by atoms with Gasteiger partial charge in [0.25, 0.3) is 0 Å². The summed E-state index contributed by atoms with van der Waals surface area (Å²) in [5.74, 6) is 0.861. The number of rotatable bonds is 1. The van der Waals surface area contributed by atoms with Crippen LogP contribution in [0.1, 0.15) is 11.1 Å². The molecular weight excluding hydrogens is 124 g/mol. The van der Waals surface area contributed by atoms with Gasteiger partial charge in [-0.15, -0.1) is 0 Å². The van der Waals surface area contributed by atoms with E-state index < -0.39 is 0 Å². The van der Waals surface area contributed by atoms with E-state index in [2.05, 4.69) is 6.92 Å². The lowest BCUT2D eigenvalue weighted by Gasteiger charge is -2.03. The highest BCUT2D eigenvalue weighted by Gasteiger charge is 1.95. The van der Waals surface area contributed by atoms with E-state index in [1.54, 1.807) is 7.11 Å². The van der Waals surface area contributed by atoms with Crippen LogP contribution in [0, 0.1) is 13.8 Å². The summed E-state index contributed by atoms with van der Waals surface area (Å²) in [5.41, 5.74) is 2.14. The minimum atomic E-state index is 0.861. The van der Waals surface area contributed by atoms with Crippen LogP contribution >= 0.6 is 0 Å². The molecule has 0 unspecified atom stereocenters. The molecule has 0 aromatic heterocycles. The van der Waals surface area contributed by atoms with Crippen molar-refractivity contribution >= 4 is 0 Å². The van der Waals surface area contributed by atoms with Gasteiger partial charge in [-0.1, -0.05) is 12.1 Å². The van der Waals surface area contributed by atoms with Crippen LogP contribution in [-0.4, -0.2) is 7.11 Å². The molecule has 0 amide bonds. The van der Waals surface area contributed by atoms with Gasteiger partial charge in [-0.05, 0) is 31.0 Å². The summed E-state index contributed by atoms with van der Waals surface area (Å²) in [4.78, 5) is 0. The minimum absolute atomic E-state index is 0.861. The average molecular weight is 135 g/mol. The Kier molecular flexibility index (Phi) is 1.95. The van der Waals surface area contributed by atoms with Gasteiger partial charge in [-0.2, -0.15) is 0 Å². The Labute approximate surface area is 61.6 Å². The van der Waals surface area contributed by atoms with Gasteiger partial charge < -0.3 is 4.74 Å². The van der Waals surface area contributed by atoms with Gasteiger partial charge >= 0.3 is 0 Å². The summed E-state index contributed by atoms with van der Waals surface area (Å²) < 4.78 is 5.06. The molecule has 0 N–H and O–H groups in total. The molecule has 0 atom stereocenters. The van der Waals surface area contributed by atoms with Crippen molar-refractivity contribution in [2.75, 3.05) is 7.11 Å². The van der Waals surface area contributed by atoms with Crippen LogP contribution < -0.4 is 4.74 Å². The first kappa shape index (κ1) is 7.13. The molecule has 53 valence electrons. The van der Waals surface area contributed by atoms with Crippen LogP contribution in [0.5, 0.6) is 5.75 Å². The van der Waals surface area contributed by atoms with Crippen molar-refractivity contribution in [3.05, 3.63) is 36.2 Å². The molecule has 0 aliphatic carbocycles. The van der Waals surface area contributed by atoms with Gasteiger partial charge in [0.15, 0.2) is 0 Å². The molecular formula is C9H11O. The maximum absolute atomic E-state index is 5.06. The van der Waals surface area contributed by atoms with E-state index in [4.69, 9.17) is 4.74 Å². The summed E-state index contributed by atoms with van der Waals surface area (Å²) in [5, 5.41) is 0. The van der Waals surface area contributed by atoms with Crippen LogP contribution in [0.2, 0.25) is 0 Å². The third kappa shape index (κ3) is 1.29. The Balaban J connectivity index is 3.09. The number of ether oxygens (including phenoxy) is 1. The van der Waals surface area contributed by atoms with Crippen molar-refractivity contribution in [1.82, 2.24) is 0 Å². The van der Waals surface area contributed by atoms with Crippen molar-refractivity contribution in [2.24, 2.45) is 0 Å². The minimum Gasteiger partial charge on any atom is -0.496 e. The molecule has 1 aromatic rings. The first-order valence-corrected chi connectivity index (χ1v) is 3.20. The van der Waals surface area contributed by atoms with Crippen molar-refractivity contribution in [3.63, 3.8) is 0 Å². The Morgan fingerprint density at radius 2 is 2.10 bits per heavy atom. The molecule has 0 aliphatic heterocycles. The topological polar surface area (TPSA) is 9.23 Å². The second kappa shape index (κ2) is 2.74. The molecule has 0 saturated heterocycles. The zero-order valence-corrected chi connectivity index (χ0v) is 6.35. The Bertz CT molecular complexity index is 228. The molecule has 0 saturated carbocycles. The first-order chi connectivity index (χ1) is 4.74. The highest BCUT2D eigenvalue weighted by atomic mass is 16.5. The van der Waals surface area contributed by atoms with Crippen LogP contribution in [0.3, 0.4) is 0 Å². The monoisotopic (exact) mass is 135 g/mol. The van der Waals surface area contributed by atoms with Crippen molar-refractivity contribution in [3.8, 4) is 5.75 Å². The van der Waals surface area contributed by atoms with Crippen molar-refractivity contribution in [2.45, 2.75) is 6.92 Å². The van der Waals surface area contributed by atoms with E-state index in [1.807, 2.05) is 25.1 Å². The summed E-state index contributed by atoms with van der Waals surface area (Å²) in [6, 6.07) is 5.95. The fourth-order valence-electron chi connectivity index (χ4n) is 0.852. The predicted octanol–water partition coefficient (Wildman–Crippen LogP) is 2.19. The van der Waals surface area contributed by atoms with Crippen LogP contribution in [0.15, 0.2) is 18.2 Å². The lowest BCUT2D eigenvalue weighted by molar-refractivity contribution is 0.413. The van der Waals surface area contributed by atoms with E-state index in [-0.39, 0.29) is 0 Å². The molecule has 1 heteroatoms. The largest absolute Gasteiger partial charge is 0.496 e. The number of hydrogen-bond acceptors (Lipinski definition) is 1. The maximum Gasteiger partial charge on any atom is 0.122 e. The van der Waals surface area contributed by atoms with Crippen LogP contribution in [0.25, 0.3) is 0 Å². The van der Waals surface area contributed by atoms with Gasteiger partial charge in [0.2, 0.25) is 0 Å². The lowest BCUT2D eigenvalue weighted by atomic mass is 10.1. The van der Waals surface area contributed by atoms with E-state index >= 15 is 0 Å². The highest BCUT2D eigenvalue weighted by molar-refractivity contribution is 5.38. The lowest BCUT2D eigenvalue weighted by Crippen LogP contribution is -1.86. The zero-order chi connectivity index (χ0) is 7.56. The number of benzene rings is 1. The van der Waals surface area contributed by atoms with E-state index in [0.29, 0.717) is 0 Å². The smallest absolute Gasteiger partial charge is 0.122 e. The Morgan fingerprint density at radius 1 is 1.40 bits per heavy atom. The number of aryl methyl sites for hydroxylation is 1. The molecule has 1 rings (SSSR count). The molecule has 1 radical (unpaired) electrons. The molecule has 0 heterocycles. The third-order valence-electron chi connectivity index (χ3n) is 1.44. The SMILES string of the molecule is [CH2]c1ccc(C)cc1OC. The van der Waals surface area contributed by atoms with E-state index in [1.165, 1.54) is 5.56 Å². The molecule has 0 bridgehead atoms. The quantitative estimate of drug-likeness (QED) is 0.573. The normalized spacial score (nSPS) is 9.50. The molecule has 0 fully saturated rings. The number of methoxy groups -OCH3 is 1. The van der Waals surface area contributed by atoms with E-state index in [0.717, 1.165) is 11.3 Å². The van der Waals surface area contributed by atoms with Gasteiger partial charge in [0.05, 0.1) is 7.11 Å². The summed E-state index contributed by atoms with van der Waals surface area (Å²) in [6.07, 6.45) is 0. The zero-order valence-electron chi connectivity index (χ0n) is 6.35. The molecule has 1 aromatic carbocycles. The standard InChI is InChI=1S/C9H11O/c1-7-4-5-8(2)9(6-7)10-3/h4-6H,2H2,1,3H3. The van der Waals surface area contributed by atoms with Gasteiger partial charge in [0, 0.05) is 0 Å². The summed E-state index contributed by atoms with van der Waals surface area (Å²) in [7, 11) is 1.66. The van der Waals surface area contributed by atoms with Crippen molar-refractivity contribution in [1.29, 1.82) is 0 Å².